The highest BCUT2D eigenvalue weighted by Crippen LogP contribution is 2.38. The SMILES string of the molecule is COc1cc(C=Cc2nc3ccccc3c(=O)n2-c2ccc(C#Cc3cccnc3)cc2C)cc(OC)c1OC. The zero-order valence-corrected chi connectivity index (χ0v) is 22.6. The normalized spacial score (nSPS) is 10.8. The van der Waals surface area contributed by atoms with Gasteiger partial charge in [-0.05, 0) is 78.7 Å². The summed E-state index contributed by atoms with van der Waals surface area (Å²) in [5.74, 6) is 8.35. The minimum absolute atomic E-state index is 0.160. The zero-order valence-electron chi connectivity index (χ0n) is 22.6. The quantitative estimate of drug-likeness (QED) is 0.263. The number of aryl methyl sites for hydroxylation is 1. The molecule has 0 atom stereocenters. The third kappa shape index (κ3) is 5.29. The van der Waals surface area contributed by atoms with Crippen LogP contribution in [0.15, 0.2) is 83.9 Å². The zero-order chi connectivity index (χ0) is 28.1. The summed E-state index contributed by atoms with van der Waals surface area (Å²) in [4.78, 5) is 22.7. The Morgan fingerprint density at radius 1 is 0.825 bits per heavy atom. The van der Waals surface area contributed by atoms with Gasteiger partial charge in [-0.2, -0.15) is 0 Å². The van der Waals surface area contributed by atoms with Gasteiger partial charge in [-0.3, -0.25) is 14.3 Å². The average Bonchev–Trinajstić information content (AvgIpc) is 2.99. The van der Waals surface area contributed by atoms with Crippen molar-refractivity contribution in [2.75, 3.05) is 21.3 Å². The molecule has 198 valence electrons. The van der Waals surface area contributed by atoms with Crippen LogP contribution in [-0.2, 0) is 0 Å². The first kappa shape index (κ1) is 26.3. The van der Waals surface area contributed by atoms with E-state index in [0.29, 0.717) is 34.0 Å². The van der Waals surface area contributed by atoms with E-state index in [1.54, 1.807) is 44.4 Å². The molecule has 5 rings (SSSR count). The number of fused-ring (bicyclic) bond motifs is 1. The molecule has 0 saturated heterocycles. The molecule has 2 heterocycles. The number of benzene rings is 3. The van der Waals surface area contributed by atoms with Crippen molar-refractivity contribution in [2.24, 2.45) is 0 Å². The summed E-state index contributed by atoms with van der Waals surface area (Å²) in [7, 11) is 4.70. The van der Waals surface area contributed by atoms with Gasteiger partial charge in [0.1, 0.15) is 5.82 Å². The topological polar surface area (TPSA) is 75.5 Å². The van der Waals surface area contributed by atoms with E-state index < -0.39 is 0 Å². The van der Waals surface area contributed by atoms with Gasteiger partial charge in [0.2, 0.25) is 5.75 Å². The van der Waals surface area contributed by atoms with Crippen LogP contribution in [-0.4, -0.2) is 35.9 Å². The maximum Gasteiger partial charge on any atom is 0.266 e. The van der Waals surface area contributed by atoms with Gasteiger partial charge < -0.3 is 14.2 Å². The maximum atomic E-state index is 13.8. The molecule has 0 aliphatic rings. The number of hydrogen-bond donors (Lipinski definition) is 0. The third-order valence-corrected chi connectivity index (χ3v) is 6.36. The lowest BCUT2D eigenvalue weighted by Crippen LogP contribution is -2.23. The van der Waals surface area contributed by atoms with Crippen LogP contribution in [0.1, 0.15) is 28.1 Å². The molecule has 2 aromatic heterocycles. The van der Waals surface area contributed by atoms with E-state index in [2.05, 4.69) is 16.8 Å². The Kier molecular flexibility index (Phi) is 7.61. The second-order valence-corrected chi connectivity index (χ2v) is 8.91. The van der Waals surface area contributed by atoms with Crippen molar-refractivity contribution < 1.29 is 14.2 Å². The van der Waals surface area contributed by atoms with Gasteiger partial charge in [0, 0.05) is 23.5 Å². The molecule has 7 heteroatoms. The van der Waals surface area contributed by atoms with Crippen molar-refractivity contribution in [3.05, 3.63) is 118 Å². The first-order valence-electron chi connectivity index (χ1n) is 12.6. The van der Waals surface area contributed by atoms with E-state index in [0.717, 1.165) is 27.9 Å². The van der Waals surface area contributed by atoms with Crippen molar-refractivity contribution in [2.45, 2.75) is 6.92 Å². The van der Waals surface area contributed by atoms with Gasteiger partial charge in [-0.1, -0.05) is 30.0 Å². The molecule has 7 nitrogen and oxygen atoms in total. The first-order valence-corrected chi connectivity index (χ1v) is 12.6. The molecular formula is C33H27N3O4. The van der Waals surface area contributed by atoms with Crippen molar-refractivity contribution in [1.29, 1.82) is 0 Å². The van der Waals surface area contributed by atoms with Gasteiger partial charge >= 0.3 is 0 Å². The van der Waals surface area contributed by atoms with Crippen LogP contribution < -0.4 is 19.8 Å². The fourth-order valence-electron chi connectivity index (χ4n) is 4.43. The lowest BCUT2D eigenvalue weighted by molar-refractivity contribution is 0.324. The standard InChI is InChI=1S/C33H27N3O4/c1-22-18-23(11-12-24-8-7-17-34-21-24)13-15-28(22)36-31(35-27-10-6-5-9-26(27)33(36)37)16-14-25-19-29(38-2)32(40-4)30(20-25)39-3/h5-10,13-21H,1-4H3. The molecule has 0 bridgehead atoms. The minimum atomic E-state index is -0.160. The van der Waals surface area contributed by atoms with Gasteiger partial charge in [-0.15, -0.1) is 0 Å². The van der Waals surface area contributed by atoms with Crippen molar-refractivity contribution in [3.63, 3.8) is 0 Å². The minimum Gasteiger partial charge on any atom is -0.493 e. The predicted molar refractivity (Wildman–Crippen MR) is 157 cm³/mol. The third-order valence-electron chi connectivity index (χ3n) is 6.36. The smallest absolute Gasteiger partial charge is 0.266 e. The second kappa shape index (κ2) is 11.6. The van der Waals surface area contributed by atoms with Crippen LogP contribution in [0.25, 0.3) is 28.7 Å². The summed E-state index contributed by atoms with van der Waals surface area (Å²) in [5.41, 5.74) is 4.53. The second-order valence-electron chi connectivity index (χ2n) is 8.91. The number of nitrogens with zero attached hydrogens (tertiary/aromatic N) is 3. The summed E-state index contributed by atoms with van der Waals surface area (Å²) in [6.45, 7) is 1.96. The van der Waals surface area contributed by atoms with Crippen LogP contribution >= 0.6 is 0 Å². The van der Waals surface area contributed by atoms with Gasteiger partial charge in [0.25, 0.3) is 5.56 Å². The van der Waals surface area contributed by atoms with Crippen LogP contribution in [0.3, 0.4) is 0 Å². The van der Waals surface area contributed by atoms with E-state index in [9.17, 15) is 4.79 Å². The molecule has 0 radical (unpaired) electrons. The molecule has 0 amide bonds. The molecule has 0 aliphatic heterocycles. The molecule has 0 aliphatic carbocycles. The van der Waals surface area contributed by atoms with E-state index in [1.165, 1.54) is 0 Å². The molecule has 0 saturated carbocycles. The number of ether oxygens (including phenoxy) is 3. The maximum absolute atomic E-state index is 13.8. The molecular weight excluding hydrogens is 502 g/mol. The predicted octanol–water partition coefficient (Wildman–Crippen LogP) is 5.69. The first-order chi connectivity index (χ1) is 19.5. The fraction of sp³-hybridized carbons (Fsp3) is 0.121. The number of methoxy groups -OCH3 is 3. The van der Waals surface area contributed by atoms with Crippen LogP contribution in [0.4, 0.5) is 0 Å². The Labute approximate surface area is 232 Å². The highest BCUT2D eigenvalue weighted by atomic mass is 16.5. The highest BCUT2D eigenvalue weighted by molar-refractivity contribution is 5.80. The Balaban J connectivity index is 1.62. The number of aromatic nitrogens is 3. The van der Waals surface area contributed by atoms with Gasteiger partial charge in [-0.25, -0.2) is 4.98 Å². The van der Waals surface area contributed by atoms with E-state index in [1.807, 2.05) is 79.7 Å². The van der Waals surface area contributed by atoms with E-state index in [-0.39, 0.29) is 5.56 Å². The molecule has 3 aromatic carbocycles. The molecule has 5 aromatic rings. The Morgan fingerprint density at radius 2 is 1.57 bits per heavy atom. The molecule has 0 N–H and O–H groups in total. The number of hydrogen-bond acceptors (Lipinski definition) is 6. The monoisotopic (exact) mass is 529 g/mol. The Morgan fingerprint density at radius 3 is 2.25 bits per heavy atom. The van der Waals surface area contributed by atoms with E-state index in [4.69, 9.17) is 19.2 Å². The van der Waals surface area contributed by atoms with Gasteiger partial charge in [0.05, 0.1) is 37.9 Å². The summed E-state index contributed by atoms with van der Waals surface area (Å²) < 4.78 is 18.1. The van der Waals surface area contributed by atoms with E-state index >= 15 is 0 Å². The van der Waals surface area contributed by atoms with Gasteiger partial charge in [0.15, 0.2) is 11.5 Å². The molecule has 0 unspecified atom stereocenters. The number of pyridine rings is 1. The van der Waals surface area contributed by atoms with Crippen LogP contribution in [0.2, 0.25) is 0 Å². The molecule has 40 heavy (non-hydrogen) atoms. The number of rotatable bonds is 6. The average molecular weight is 530 g/mol. The van der Waals surface area contributed by atoms with Crippen molar-refractivity contribution >= 4 is 23.1 Å². The summed E-state index contributed by atoms with van der Waals surface area (Å²) >= 11 is 0. The van der Waals surface area contributed by atoms with Crippen LogP contribution in [0.5, 0.6) is 17.2 Å². The summed E-state index contributed by atoms with van der Waals surface area (Å²) in [6, 6.07) is 20.5. The van der Waals surface area contributed by atoms with Crippen molar-refractivity contribution in [1.82, 2.24) is 14.5 Å². The molecule has 0 spiro atoms. The Bertz CT molecular complexity index is 1820. The fourth-order valence-corrected chi connectivity index (χ4v) is 4.43. The lowest BCUT2D eigenvalue weighted by atomic mass is 10.1. The largest absolute Gasteiger partial charge is 0.493 e. The highest BCUT2D eigenvalue weighted by Gasteiger charge is 2.15. The van der Waals surface area contributed by atoms with Crippen molar-refractivity contribution in [3.8, 4) is 34.8 Å². The summed E-state index contributed by atoms with van der Waals surface area (Å²) in [6.07, 6.45) is 7.11. The lowest BCUT2D eigenvalue weighted by Gasteiger charge is -2.15. The summed E-state index contributed by atoms with van der Waals surface area (Å²) in [5, 5.41) is 0.535. The van der Waals surface area contributed by atoms with Crippen LogP contribution in [0, 0.1) is 18.8 Å². The molecule has 0 fully saturated rings. The Hall–Kier alpha value is -5.35. The number of para-hydroxylation sites is 1.